The summed E-state index contributed by atoms with van der Waals surface area (Å²) in [5.74, 6) is 0.0709. The third-order valence-electron chi connectivity index (χ3n) is 1.29. The Hall–Kier alpha value is -0.400. The van der Waals surface area contributed by atoms with Crippen LogP contribution in [0.15, 0.2) is 28.8 Å². The van der Waals surface area contributed by atoms with Crippen LogP contribution in [0.5, 0.6) is 0 Å². The van der Waals surface area contributed by atoms with Crippen molar-refractivity contribution in [3.8, 4) is 0 Å². The van der Waals surface area contributed by atoms with Gasteiger partial charge in [0.2, 0.25) is 5.96 Å². The van der Waals surface area contributed by atoms with Crippen LogP contribution in [0.25, 0.3) is 0 Å². The van der Waals surface area contributed by atoms with Gasteiger partial charge in [0.25, 0.3) is 0 Å². The van der Waals surface area contributed by atoms with E-state index in [4.69, 9.17) is 29.1 Å². The van der Waals surface area contributed by atoms with Gasteiger partial charge in [0.05, 0.1) is 10.7 Å². The molecule has 1 rings (SSSR count). The van der Waals surface area contributed by atoms with Gasteiger partial charge in [0.1, 0.15) is 0 Å². The first-order valence-corrected chi connectivity index (χ1v) is 4.16. The molecule has 1 aromatic rings. The van der Waals surface area contributed by atoms with Gasteiger partial charge in [0, 0.05) is 11.8 Å². The summed E-state index contributed by atoms with van der Waals surface area (Å²) in [5.41, 5.74) is 11.3. The van der Waals surface area contributed by atoms with Gasteiger partial charge in [-0.25, -0.2) is 0 Å². The van der Waals surface area contributed by atoms with Crippen LogP contribution in [0.4, 0.5) is 5.69 Å². The molecule has 0 radical (unpaired) electrons. The molecule has 0 aliphatic heterocycles. The molecule has 0 amide bonds. The Kier molecular flexibility index (Phi) is 6.77. The molecule has 0 unspecified atom stereocenters. The standard InChI is InChI=1S/C7H8Cl2N4.HI/c8-5-3-1-2-4-6(5)12-13-7(10)11-9;/h1-4,12H,(H3,10,11,13);1H. The van der Waals surface area contributed by atoms with E-state index in [0.29, 0.717) is 10.7 Å². The van der Waals surface area contributed by atoms with Crippen LogP contribution >= 0.6 is 47.4 Å². The predicted octanol–water partition coefficient (Wildman–Crippen LogP) is 2.34. The number of rotatable bonds is 2. The average Bonchev–Trinajstić information content (AvgIpc) is 2.16. The van der Waals surface area contributed by atoms with Gasteiger partial charge >= 0.3 is 0 Å². The van der Waals surface area contributed by atoms with Gasteiger partial charge < -0.3 is 5.73 Å². The van der Waals surface area contributed by atoms with Crippen molar-refractivity contribution in [2.24, 2.45) is 10.2 Å². The van der Waals surface area contributed by atoms with Crippen molar-refractivity contribution in [2.45, 2.75) is 0 Å². The van der Waals surface area contributed by atoms with Crippen molar-refractivity contribution < 1.29 is 0 Å². The SMILES string of the molecule is I.NC(=NCl)NNc1ccccc1Cl. The first-order chi connectivity index (χ1) is 6.24. The zero-order chi connectivity index (χ0) is 9.68. The molecule has 1 aromatic carbocycles. The van der Waals surface area contributed by atoms with Crippen molar-refractivity contribution in [1.29, 1.82) is 0 Å². The normalized spacial score (nSPS) is 10.3. The Balaban J connectivity index is 0.00000169. The number of nitrogens with one attached hydrogen (secondary N) is 2. The lowest BCUT2D eigenvalue weighted by Gasteiger charge is -2.08. The zero-order valence-electron chi connectivity index (χ0n) is 7.00. The number of halogens is 3. The maximum Gasteiger partial charge on any atom is 0.225 e. The molecule has 0 spiro atoms. The van der Waals surface area contributed by atoms with Gasteiger partial charge in [-0.3, -0.25) is 10.9 Å². The van der Waals surface area contributed by atoms with E-state index in [1.807, 2.05) is 12.1 Å². The van der Waals surface area contributed by atoms with E-state index < -0.39 is 0 Å². The van der Waals surface area contributed by atoms with Crippen LogP contribution in [0.3, 0.4) is 0 Å². The number of nitrogens with zero attached hydrogens (tertiary/aromatic N) is 1. The van der Waals surface area contributed by atoms with Crippen LogP contribution in [-0.4, -0.2) is 5.96 Å². The molecule has 78 valence electrons. The lowest BCUT2D eigenvalue weighted by atomic mass is 10.3. The summed E-state index contributed by atoms with van der Waals surface area (Å²) in [6.45, 7) is 0. The minimum Gasteiger partial charge on any atom is -0.367 e. The number of nitrogens with two attached hydrogens (primary N) is 1. The highest BCUT2D eigenvalue weighted by atomic mass is 127. The molecule has 0 fully saturated rings. The number of hydrogen-bond donors (Lipinski definition) is 3. The van der Waals surface area contributed by atoms with Crippen LogP contribution in [-0.2, 0) is 0 Å². The molecule has 4 N–H and O–H groups in total. The molecular weight excluding hydrogens is 338 g/mol. The fourth-order valence-corrected chi connectivity index (χ4v) is 0.940. The summed E-state index contributed by atoms with van der Waals surface area (Å²) in [5, 5.41) is 0.581. The fraction of sp³-hybridized carbons (Fsp3) is 0. The van der Waals surface area contributed by atoms with Crippen molar-refractivity contribution in [3.63, 3.8) is 0 Å². The molecular formula is C7H9Cl2IN4. The summed E-state index contributed by atoms with van der Waals surface area (Å²) in [6.07, 6.45) is 0. The predicted molar refractivity (Wildman–Crippen MR) is 71.1 cm³/mol. The lowest BCUT2D eigenvalue weighted by molar-refractivity contribution is 1.10. The average molecular weight is 347 g/mol. The molecule has 14 heavy (non-hydrogen) atoms. The van der Waals surface area contributed by atoms with E-state index in [-0.39, 0.29) is 29.9 Å². The Morgan fingerprint density at radius 3 is 2.57 bits per heavy atom. The fourth-order valence-electron chi connectivity index (χ4n) is 0.715. The second-order valence-corrected chi connectivity index (χ2v) is 2.78. The smallest absolute Gasteiger partial charge is 0.225 e. The Bertz CT molecular complexity index is 318. The van der Waals surface area contributed by atoms with E-state index in [9.17, 15) is 0 Å². The number of anilines is 1. The number of guanidine groups is 1. The molecule has 0 aliphatic carbocycles. The maximum atomic E-state index is 5.83. The van der Waals surface area contributed by atoms with Crippen molar-refractivity contribution in [3.05, 3.63) is 29.3 Å². The summed E-state index contributed by atoms with van der Waals surface area (Å²) in [4.78, 5) is 0. The number of hydrogen-bond acceptors (Lipinski definition) is 2. The Labute approximate surface area is 109 Å². The molecule has 4 nitrogen and oxygen atoms in total. The highest BCUT2D eigenvalue weighted by Gasteiger charge is 1.96. The second-order valence-electron chi connectivity index (χ2n) is 2.20. The zero-order valence-corrected chi connectivity index (χ0v) is 10.8. The molecule has 0 atom stereocenters. The van der Waals surface area contributed by atoms with Gasteiger partial charge in [-0.2, -0.15) is 0 Å². The molecule has 7 heteroatoms. The summed E-state index contributed by atoms with van der Waals surface area (Å²) < 4.78 is 3.18. The maximum absolute atomic E-state index is 5.83. The van der Waals surface area contributed by atoms with E-state index in [1.54, 1.807) is 12.1 Å². The molecule has 0 heterocycles. The van der Waals surface area contributed by atoms with Crippen molar-refractivity contribution >= 4 is 59.0 Å². The summed E-state index contributed by atoms with van der Waals surface area (Å²) in [6, 6.07) is 7.20. The molecule has 0 saturated heterocycles. The van der Waals surface area contributed by atoms with Crippen molar-refractivity contribution in [2.75, 3.05) is 5.43 Å². The van der Waals surface area contributed by atoms with E-state index in [0.717, 1.165) is 0 Å². The van der Waals surface area contributed by atoms with Gasteiger partial charge in [-0.15, -0.1) is 28.5 Å². The Morgan fingerprint density at radius 1 is 1.36 bits per heavy atom. The number of hydrazine groups is 1. The Morgan fingerprint density at radius 2 is 2.00 bits per heavy atom. The molecule has 0 bridgehead atoms. The molecule has 0 saturated carbocycles. The lowest BCUT2D eigenvalue weighted by Crippen LogP contribution is -2.35. The minimum atomic E-state index is 0. The first kappa shape index (κ1) is 13.6. The summed E-state index contributed by atoms with van der Waals surface area (Å²) >= 11 is 10.9. The third kappa shape index (κ3) is 4.21. The monoisotopic (exact) mass is 346 g/mol. The van der Waals surface area contributed by atoms with Crippen LogP contribution in [0, 0.1) is 0 Å². The van der Waals surface area contributed by atoms with E-state index >= 15 is 0 Å². The van der Waals surface area contributed by atoms with Crippen LogP contribution in [0.2, 0.25) is 5.02 Å². The molecule has 0 aliphatic rings. The van der Waals surface area contributed by atoms with Crippen LogP contribution in [0.1, 0.15) is 0 Å². The highest BCUT2D eigenvalue weighted by molar-refractivity contribution is 14.0. The minimum absolute atomic E-state index is 0. The van der Waals surface area contributed by atoms with Crippen LogP contribution < -0.4 is 16.6 Å². The molecule has 0 aromatic heterocycles. The third-order valence-corrected chi connectivity index (χ3v) is 1.80. The topological polar surface area (TPSA) is 62.4 Å². The second kappa shape index (κ2) is 6.97. The highest BCUT2D eigenvalue weighted by Crippen LogP contribution is 2.18. The van der Waals surface area contributed by atoms with Gasteiger partial charge in [-0.1, -0.05) is 23.7 Å². The first-order valence-electron chi connectivity index (χ1n) is 3.45. The van der Waals surface area contributed by atoms with Crippen molar-refractivity contribution in [1.82, 2.24) is 5.43 Å². The quantitative estimate of drug-likeness (QED) is 0.333. The largest absolute Gasteiger partial charge is 0.367 e. The summed E-state index contributed by atoms with van der Waals surface area (Å²) in [7, 11) is 0. The number of benzene rings is 1. The van der Waals surface area contributed by atoms with E-state index in [2.05, 4.69) is 15.4 Å². The van der Waals surface area contributed by atoms with E-state index in [1.165, 1.54) is 0 Å². The van der Waals surface area contributed by atoms with Gasteiger partial charge in [0.15, 0.2) is 0 Å². The number of para-hydroxylation sites is 1. The van der Waals surface area contributed by atoms with Gasteiger partial charge in [-0.05, 0) is 12.1 Å².